The van der Waals surface area contributed by atoms with E-state index in [1.165, 1.54) is 12.8 Å². The minimum atomic E-state index is -0.712. The Morgan fingerprint density at radius 2 is 2.00 bits per heavy atom. The second-order valence-corrected chi connectivity index (χ2v) is 5.02. The summed E-state index contributed by atoms with van der Waals surface area (Å²) < 4.78 is 31.8. The summed E-state index contributed by atoms with van der Waals surface area (Å²) >= 11 is 0. The van der Waals surface area contributed by atoms with Gasteiger partial charge in [-0.3, -0.25) is 4.79 Å². The highest BCUT2D eigenvalue weighted by Crippen LogP contribution is 2.12. The van der Waals surface area contributed by atoms with Crippen LogP contribution in [-0.4, -0.2) is 18.5 Å². The Bertz CT molecular complexity index is 432. The van der Waals surface area contributed by atoms with Gasteiger partial charge in [0.2, 0.25) is 0 Å². The first kappa shape index (κ1) is 16.8. The van der Waals surface area contributed by atoms with Crippen LogP contribution < -0.4 is 0 Å². The van der Waals surface area contributed by atoms with E-state index in [-0.39, 0.29) is 18.3 Å². The molecule has 112 valence electrons. The molecule has 0 aromatic heterocycles. The lowest BCUT2D eigenvalue weighted by atomic mass is 10.1. The first-order valence-electron chi connectivity index (χ1n) is 7.14. The van der Waals surface area contributed by atoms with Gasteiger partial charge in [-0.1, -0.05) is 32.6 Å². The minimum Gasteiger partial charge on any atom is -0.370 e. The number of halogens is 2. The van der Waals surface area contributed by atoms with Gasteiger partial charge >= 0.3 is 0 Å². The molecule has 0 amide bonds. The normalized spacial score (nSPS) is 12.4. The van der Waals surface area contributed by atoms with E-state index in [0.717, 1.165) is 37.5 Å². The number of unbranched alkanes of at least 4 members (excludes halogenated alkanes) is 3. The topological polar surface area (TPSA) is 26.3 Å². The Morgan fingerprint density at radius 3 is 2.70 bits per heavy atom. The minimum absolute atomic E-state index is 0.0487. The van der Waals surface area contributed by atoms with Gasteiger partial charge in [0, 0.05) is 0 Å². The molecule has 2 nitrogen and oxygen atoms in total. The summed E-state index contributed by atoms with van der Waals surface area (Å²) in [5.41, 5.74) is -0.247. The van der Waals surface area contributed by atoms with E-state index < -0.39 is 17.4 Å². The SMILES string of the molecule is CCCCCCC(C)OCC(=O)c1cc(F)ccc1F. The predicted octanol–water partition coefficient (Wildman–Crippen LogP) is 4.52. The maximum Gasteiger partial charge on any atom is 0.191 e. The first-order valence-corrected chi connectivity index (χ1v) is 7.14. The second-order valence-electron chi connectivity index (χ2n) is 5.02. The average Bonchev–Trinajstić information content (AvgIpc) is 2.43. The van der Waals surface area contributed by atoms with Crippen molar-refractivity contribution in [1.82, 2.24) is 0 Å². The Kier molecular flexibility index (Phi) is 7.37. The van der Waals surface area contributed by atoms with Crippen molar-refractivity contribution in [3.63, 3.8) is 0 Å². The number of rotatable bonds is 9. The molecule has 0 N–H and O–H groups in total. The molecule has 0 saturated carbocycles. The zero-order chi connectivity index (χ0) is 15.0. The summed E-state index contributed by atoms with van der Waals surface area (Å²) in [5, 5.41) is 0. The van der Waals surface area contributed by atoms with E-state index >= 15 is 0 Å². The van der Waals surface area contributed by atoms with E-state index in [2.05, 4.69) is 6.92 Å². The van der Waals surface area contributed by atoms with Crippen LogP contribution in [0.5, 0.6) is 0 Å². The molecule has 0 saturated heterocycles. The van der Waals surface area contributed by atoms with E-state index in [0.29, 0.717) is 0 Å². The zero-order valence-electron chi connectivity index (χ0n) is 12.1. The van der Waals surface area contributed by atoms with E-state index in [4.69, 9.17) is 4.74 Å². The maximum atomic E-state index is 13.4. The van der Waals surface area contributed by atoms with Crippen LogP contribution in [0.15, 0.2) is 18.2 Å². The Hall–Kier alpha value is -1.29. The van der Waals surface area contributed by atoms with Crippen LogP contribution in [-0.2, 0) is 4.74 Å². The van der Waals surface area contributed by atoms with Crippen molar-refractivity contribution >= 4 is 5.78 Å². The molecule has 0 aliphatic carbocycles. The van der Waals surface area contributed by atoms with Crippen LogP contribution >= 0.6 is 0 Å². The van der Waals surface area contributed by atoms with Crippen molar-refractivity contribution in [3.05, 3.63) is 35.4 Å². The molecule has 0 bridgehead atoms. The molecule has 1 atom stereocenters. The molecule has 1 aromatic rings. The third-order valence-corrected chi connectivity index (χ3v) is 3.19. The highest BCUT2D eigenvalue weighted by atomic mass is 19.1. The summed E-state index contributed by atoms with van der Waals surface area (Å²) in [6.07, 6.45) is 5.40. The quantitative estimate of drug-likeness (QED) is 0.492. The van der Waals surface area contributed by atoms with Gasteiger partial charge < -0.3 is 4.74 Å². The van der Waals surface area contributed by atoms with Gasteiger partial charge in [-0.2, -0.15) is 0 Å². The standard InChI is InChI=1S/C16H22F2O2/c1-3-4-5-6-7-12(2)20-11-16(19)14-10-13(17)8-9-15(14)18/h8-10,12H,3-7,11H2,1-2H3. The van der Waals surface area contributed by atoms with Crippen molar-refractivity contribution < 1.29 is 18.3 Å². The number of ether oxygens (including phenoxy) is 1. The molecule has 1 aromatic carbocycles. The molecule has 20 heavy (non-hydrogen) atoms. The number of benzene rings is 1. The molecule has 4 heteroatoms. The summed E-state index contributed by atoms with van der Waals surface area (Å²) in [4.78, 5) is 11.8. The number of hydrogen-bond donors (Lipinski definition) is 0. The van der Waals surface area contributed by atoms with Gasteiger partial charge in [0.1, 0.15) is 18.2 Å². The van der Waals surface area contributed by atoms with Crippen LogP contribution in [0, 0.1) is 11.6 Å². The third-order valence-electron chi connectivity index (χ3n) is 3.19. The molecule has 0 heterocycles. The third kappa shape index (κ3) is 5.78. The monoisotopic (exact) mass is 284 g/mol. The van der Waals surface area contributed by atoms with Crippen molar-refractivity contribution in [2.75, 3.05) is 6.61 Å². The van der Waals surface area contributed by atoms with E-state index in [1.807, 2.05) is 6.92 Å². The van der Waals surface area contributed by atoms with Crippen LogP contribution in [0.25, 0.3) is 0 Å². The summed E-state index contributed by atoms with van der Waals surface area (Å²) in [6, 6.07) is 2.85. The van der Waals surface area contributed by atoms with E-state index in [1.54, 1.807) is 0 Å². The van der Waals surface area contributed by atoms with Crippen molar-refractivity contribution in [1.29, 1.82) is 0 Å². The van der Waals surface area contributed by atoms with Gasteiger partial charge in [-0.25, -0.2) is 8.78 Å². The fourth-order valence-electron chi connectivity index (χ4n) is 1.95. The molecular formula is C16H22F2O2. The van der Waals surface area contributed by atoms with Gasteiger partial charge in [0.05, 0.1) is 11.7 Å². The predicted molar refractivity (Wildman–Crippen MR) is 74.9 cm³/mol. The lowest BCUT2D eigenvalue weighted by Gasteiger charge is -2.12. The number of carbonyl (C=O) groups is 1. The zero-order valence-corrected chi connectivity index (χ0v) is 12.1. The smallest absolute Gasteiger partial charge is 0.191 e. The molecule has 1 rings (SSSR count). The van der Waals surface area contributed by atoms with Crippen LogP contribution in [0.2, 0.25) is 0 Å². The van der Waals surface area contributed by atoms with Gasteiger partial charge in [-0.05, 0) is 31.5 Å². The average molecular weight is 284 g/mol. The Labute approximate surface area is 119 Å². The largest absolute Gasteiger partial charge is 0.370 e. The number of Topliss-reactive ketones (excluding diaryl/α,β-unsaturated/α-hetero) is 1. The molecule has 0 spiro atoms. The Balaban J connectivity index is 2.37. The van der Waals surface area contributed by atoms with Crippen LogP contribution in [0.1, 0.15) is 56.3 Å². The van der Waals surface area contributed by atoms with Gasteiger partial charge in [0.15, 0.2) is 5.78 Å². The molecule has 0 radical (unpaired) electrons. The number of hydrogen-bond acceptors (Lipinski definition) is 2. The number of ketones is 1. The Morgan fingerprint density at radius 1 is 1.25 bits per heavy atom. The second kappa shape index (κ2) is 8.80. The fraction of sp³-hybridized carbons (Fsp3) is 0.562. The molecule has 1 unspecified atom stereocenters. The summed E-state index contributed by atoms with van der Waals surface area (Å²) in [7, 11) is 0. The fourth-order valence-corrected chi connectivity index (χ4v) is 1.95. The first-order chi connectivity index (χ1) is 9.54. The molecule has 0 aliphatic heterocycles. The maximum absolute atomic E-state index is 13.4. The van der Waals surface area contributed by atoms with Crippen molar-refractivity contribution in [2.45, 2.75) is 52.1 Å². The molecule has 0 aliphatic rings. The molecule has 0 fully saturated rings. The lowest BCUT2D eigenvalue weighted by molar-refractivity contribution is 0.0480. The highest BCUT2D eigenvalue weighted by molar-refractivity contribution is 5.97. The van der Waals surface area contributed by atoms with E-state index in [9.17, 15) is 13.6 Å². The van der Waals surface area contributed by atoms with Crippen LogP contribution in [0.4, 0.5) is 8.78 Å². The van der Waals surface area contributed by atoms with Crippen molar-refractivity contribution in [2.24, 2.45) is 0 Å². The number of carbonyl (C=O) groups excluding carboxylic acids is 1. The highest BCUT2D eigenvalue weighted by Gasteiger charge is 2.14. The summed E-state index contributed by atoms with van der Waals surface area (Å²) in [6.45, 7) is 3.82. The van der Waals surface area contributed by atoms with Gasteiger partial charge in [0.25, 0.3) is 0 Å². The van der Waals surface area contributed by atoms with Gasteiger partial charge in [-0.15, -0.1) is 0 Å². The molecular weight excluding hydrogens is 262 g/mol. The van der Waals surface area contributed by atoms with Crippen LogP contribution in [0.3, 0.4) is 0 Å². The summed E-state index contributed by atoms with van der Waals surface area (Å²) in [5.74, 6) is -1.86. The lowest BCUT2D eigenvalue weighted by Crippen LogP contribution is -2.17. The van der Waals surface area contributed by atoms with Crippen molar-refractivity contribution in [3.8, 4) is 0 Å².